The minimum atomic E-state index is -0.533. The molecule has 0 spiro atoms. The van der Waals surface area contributed by atoms with Crippen molar-refractivity contribution < 1.29 is 9.90 Å². The summed E-state index contributed by atoms with van der Waals surface area (Å²) in [6.45, 7) is 4.97. The third-order valence-electron chi connectivity index (χ3n) is 2.99. The normalized spacial score (nSPS) is 12.2. The topological polar surface area (TPSA) is 79.5 Å². The van der Waals surface area contributed by atoms with Gasteiger partial charge in [-0.25, -0.2) is 0 Å². The molecule has 5 heteroatoms. The van der Waals surface area contributed by atoms with E-state index in [1.54, 1.807) is 12.3 Å². The molecule has 5 nitrogen and oxygen atoms in total. The second kappa shape index (κ2) is 7.74. The number of aliphatic hydroxyl groups excluding tert-OH is 1. The van der Waals surface area contributed by atoms with Crippen LogP contribution in [0.2, 0.25) is 0 Å². The number of primary amides is 1. The van der Waals surface area contributed by atoms with E-state index in [1.807, 2.05) is 17.9 Å². The van der Waals surface area contributed by atoms with Gasteiger partial charge in [-0.2, -0.15) is 0 Å². The maximum absolute atomic E-state index is 11.1. The Hall–Kier alpha value is -1.62. The highest BCUT2D eigenvalue weighted by molar-refractivity contribution is 5.79. The molecule has 1 rings (SSSR count). The van der Waals surface area contributed by atoms with Gasteiger partial charge in [0.1, 0.15) is 0 Å². The average molecular weight is 265 g/mol. The number of unbranched alkanes of at least 4 members (excludes halogenated alkanes) is 1. The molecule has 1 amide bonds. The molecule has 1 atom stereocenters. The van der Waals surface area contributed by atoms with E-state index in [2.05, 4.69) is 11.9 Å². The molecule has 19 heavy (non-hydrogen) atoms. The Morgan fingerprint density at radius 2 is 2.21 bits per heavy atom. The molecular weight excluding hydrogens is 242 g/mol. The summed E-state index contributed by atoms with van der Waals surface area (Å²) >= 11 is 0. The van der Waals surface area contributed by atoms with Crippen molar-refractivity contribution in [2.45, 2.75) is 39.2 Å². The van der Waals surface area contributed by atoms with Crippen LogP contribution in [0.1, 0.15) is 44.9 Å². The Kier molecular flexibility index (Phi) is 6.29. The molecule has 0 saturated heterocycles. The van der Waals surface area contributed by atoms with Crippen LogP contribution in [0, 0.1) is 0 Å². The summed E-state index contributed by atoms with van der Waals surface area (Å²) in [6, 6.07) is 3.67. The molecule has 1 heterocycles. The number of aliphatic hydroxyl groups is 1. The van der Waals surface area contributed by atoms with Gasteiger partial charge in [0, 0.05) is 6.54 Å². The van der Waals surface area contributed by atoms with Gasteiger partial charge in [-0.3, -0.25) is 9.78 Å². The van der Waals surface area contributed by atoms with Gasteiger partial charge < -0.3 is 15.7 Å². The van der Waals surface area contributed by atoms with Crippen LogP contribution in [0.3, 0.4) is 0 Å². The number of anilines is 1. The van der Waals surface area contributed by atoms with E-state index in [0.717, 1.165) is 25.1 Å². The molecule has 0 bridgehead atoms. The zero-order valence-electron chi connectivity index (χ0n) is 11.7. The van der Waals surface area contributed by atoms with Crippen molar-refractivity contribution in [2.24, 2.45) is 5.73 Å². The second-order valence-corrected chi connectivity index (χ2v) is 4.61. The maximum atomic E-state index is 11.1. The number of aromatic nitrogens is 1. The molecule has 0 aliphatic rings. The fraction of sp³-hybridized carbons (Fsp3) is 0.571. The first-order chi connectivity index (χ1) is 9.08. The van der Waals surface area contributed by atoms with Crippen LogP contribution in [-0.4, -0.2) is 29.1 Å². The highest BCUT2D eigenvalue weighted by atomic mass is 16.3. The van der Waals surface area contributed by atoms with Crippen molar-refractivity contribution in [2.75, 3.05) is 18.0 Å². The lowest BCUT2D eigenvalue weighted by atomic mass is 10.2. The van der Waals surface area contributed by atoms with Crippen LogP contribution < -0.4 is 10.6 Å². The Balaban J connectivity index is 2.80. The molecule has 0 aromatic carbocycles. The van der Waals surface area contributed by atoms with Gasteiger partial charge in [0.25, 0.3) is 0 Å². The lowest BCUT2D eigenvalue weighted by molar-refractivity contribution is -0.116. The van der Waals surface area contributed by atoms with Gasteiger partial charge in [0.05, 0.1) is 30.2 Å². The number of amides is 1. The molecule has 0 fully saturated rings. The predicted molar refractivity (Wildman–Crippen MR) is 75.8 cm³/mol. The summed E-state index contributed by atoms with van der Waals surface area (Å²) < 4.78 is 0. The largest absolute Gasteiger partial charge is 0.387 e. The van der Waals surface area contributed by atoms with Gasteiger partial charge in [-0.15, -0.1) is 0 Å². The smallest absolute Gasteiger partial charge is 0.236 e. The molecule has 1 aromatic heterocycles. The third kappa shape index (κ3) is 4.87. The molecule has 0 aliphatic carbocycles. The highest BCUT2D eigenvalue weighted by Crippen LogP contribution is 2.18. The first kappa shape index (κ1) is 15.4. The van der Waals surface area contributed by atoms with Crippen LogP contribution in [0.15, 0.2) is 18.3 Å². The van der Waals surface area contributed by atoms with E-state index in [1.165, 1.54) is 0 Å². The van der Waals surface area contributed by atoms with E-state index in [9.17, 15) is 9.90 Å². The number of nitrogens with zero attached hydrogens (tertiary/aromatic N) is 2. The quantitative estimate of drug-likeness (QED) is 0.748. The van der Waals surface area contributed by atoms with Crippen LogP contribution in [0.4, 0.5) is 5.69 Å². The van der Waals surface area contributed by atoms with Gasteiger partial charge in [0.2, 0.25) is 5.91 Å². The standard InChI is InChI=1S/C14H23N3O2/c1-3-5-8-17(10-14(15)19)11-6-7-12(16-9-11)13(18)4-2/h6-7,9,13,18H,3-5,8,10H2,1-2H3,(H2,15,19). The molecule has 0 radical (unpaired) electrons. The summed E-state index contributed by atoms with van der Waals surface area (Å²) in [5, 5.41) is 9.70. The van der Waals surface area contributed by atoms with Crippen LogP contribution in [-0.2, 0) is 4.79 Å². The van der Waals surface area contributed by atoms with E-state index in [4.69, 9.17) is 5.73 Å². The van der Waals surface area contributed by atoms with E-state index >= 15 is 0 Å². The summed E-state index contributed by atoms with van der Waals surface area (Å²) in [6.07, 6.45) is 3.83. The Morgan fingerprint density at radius 3 is 2.68 bits per heavy atom. The summed E-state index contributed by atoms with van der Waals surface area (Å²) in [7, 11) is 0. The first-order valence-corrected chi connectivity index (χ1v) is 6.75. The summed E-state index contributed by atoms with van der Waals surface area (Å²) in [4.78, 5) is 17.2. The third-order valence-corrected chi connectivity index (χ3v) is 2.99. The van der Waals surface area contributed by atoms with Gasteiger partial charge in [-0.1, -0.05) is 20.3 Å². The van der Waals surface area contributed by atoms with Crippen molar-refractivity contribution in [3.8, 4) is 0 Å². The van der Waals surface area contributed by atoms with Crippen LogP contribution >= 0.6 is 0 Å². The molecule has 0 aliphatic heterocycles. The molecule has 1 aromatic rings. The number of hydrogen-bond acceptors (Lipinski definition) is 4. The van der Waals surface area contributed by atoms with Gasteiger partial charge >= 0.3 is 0 Å². The summed E-state index contributed by atoms with van der Waals surface area (Å²) in [5.74, 6) is -0.353. The van der Waals surface area contributed by atoms with Crippen LogP contribution in [0.25, 0.3) is 0 Å². The fourth-order valence-electron chi connectivity index (χ4n) is 1.83. The minimum Gasteiger partial charge on any atom is -0.387 e. The van der Waals surface area contributed by atoms with Gasteiger partial charge in [-0.05, 0) is 25.0 Å². The number of hydrogen-bond donors (Lipinski definition) is 2. The molecule has 1 unspecified atom stereocenters. The highest BCUT2D eigenvalue weighted by Gasteiger charge is 2.11. The molecule has 0 saturated carbocycles. The van der Waals surface area contributed by atoms with Gasteiger partial charge in [0.15, 0.2) is 0 Å². The molecule has 106 valence electrons. The number of carbonyl (C=O) groups excluding carboxylic acids is 1. The SMILES string of the molecule is CCCCN(CC(N)=O)c1ccc(C(O)CC)nc1. The lowest BCUT2D eigenvalue weighted by Gasteiger charge is -2.23. The minimum absolute atomic E-state index is 0.192. The predicted octanol–water partition coefficient (Wildman–Crippen LogP) is 1.62. The lowest BCUT2D eigenvalue weighted by Crippen LogP contribution is -2.34. The van der Waals surface area contributed by atoms with Crippen LogP contribution in [0.5, 0.6) is 0 Å². The number of pyridine rings is 1. The van der Waals surface area contributed by atoms with E-state index < -0.39 is 6.10 Å². The van der Waals surface area contributed by atoms with Crippen molar-refractivity contribution in [1.29, 1.82) is 0 Å². The molecule has 3 N–H and O–H groups in total. The number of rotatable bonds is 8. The fourth-order valence-corrected chi connectivity index (χ4v) is 1.83. The first-order valence-electron chi connectivity index (χ1n) is 6.75. The number of nitrogens with two attached hydrogens (primary N) is 1. The monoisotopic (exact) mass is 265 g/mol. The zero-order chi connectivity index (χ0) is 14.3. The van der Waals surface area contributed by atoms with E-state index in [-0.39, 0.29) is 12.5 Å². The second-order valence-electron chi connectivity index (χ2n) is 4.61. The van der Waals surface area contributed by atoms with Crippen molar-refractivity contribution >= 4 is 11.6 Å². The maximum Gasteiger partial charge on any atom is 0.236 e. The van der Waals surface area contributed by atoms with Crippen molar-refractivity contribution in [1.82, 2.24) is 4.98 Å². The summed E-state index contributed by atoms with van der Waals surface area (Å²) in [5.41, 5.74) is 6.78. The molecular formula is C14H23N3O2. The van der Waals surface area contributed by atoms with Crippen molar-refractivity contribution in [3.05, 3.63) is 24.0 Å². The van der Waals surface area contributed by atoms with Crippen molar-refractivity contribution in [3.63, 3.8) is 0 Å². The average Bonchev–Trinajstić information content (AvgIpc) is 2.42. The number of carbonyl (C=O) groups is 1. The Bertz CT molecular complexity index is 392. The van der Waals surface area contributed by atoms with E-state index in [0.29, 0.717) is 12.1 Å². The zero-order valence-corrected chi connectivity index (χ0v) is 11.7. The Labute approximate surface area is 114 Å². The Morgan fingerprint density at radius 1 is 1.47 bits per heavy atom.